The van der Waals surface area contributed by atoms with Crippen LogP contribution in [0.4, 0.5) is 11.4 Å². The fourth-order valence-corrected chi connectivity index (χ4v) is 2.34. The number of hydrogen-bond donors (Lipinski definition) is 1. The molecule has 1 amide bonds. The fourth-order valence-electron chi connectivity index (χ4n) is 2.34. The van der Waals surface area contributed by atoms with E-state index in [1.807, 2.05) is 13.1 Å². The average Bonchev–Trinajstić information content (AvgIpc) is 2.64. The number of nitrogens with two attached hydrogens (primary N) is 1. The highest BCUT2D eigenvalue weighted by molar-refractivity contribution is 6.01. The molecule has 1 heterocycles. The molecule has 0 saturated heterocycles. The van der Waals surface area contributed by atoms with Crippen LogP contribution in [-0.4, -0.2) is 33.1 Å². The number of nitrogens with zero attached hydrogens (tertiary/aromatic N) is 2. The summed E-state index contributed by atoms with van der Waals surface area (Å²) in [6, 6.07) is 6.20. The highest BCUT2D eigenvalue weighted by atomic mass is 16.2. The number of hydrogen-bond acceptors (Lipinski definition) is 3. The standard InChI is InChI=1S/C14H21N3O/c1-10(8-15)9-16(2)12-4-5-13-11(6-12)7-14(18)17(13)3/h4-6,10H,7-9,15H2,1-3H3. The molecule has 98 valence electrons. The molecule has 0 spiro atoms. The van der Waals surface area contributed by atoms with Gasteiger partial charge in [0.1, 0.15) is 0 Å². The second kappa shape index (κ2) is 4.98. The number of amides is 1. The van der Waals surface area contributed by atoms with Gasteiger partial charge in [-0.2, -0.15) is 0 Å². The van der Waals surface area contributed by atoms with Crippen molar-refractivity contribution < 1.29 is 4.79 Å². The molecule has 0 aliphatic carbocycles. The normalized spacial score (nSPS) is 15.8. The molecule has 1 atom stereocenters. The first-order valence-corrected chi connectivity index (χ1v) is 6.33. The molecular weight excluding hydrogens is 226 g/mol. The zero-order valence-electron chi connectivity index (χ0n) is 11.3. The van der Waals surface area contributed by atoms with Gasteiger partial charge in [0.15, 0.2) is 0 Å². The Labute approximate surface area is 108 Å². The lowest BCUT2D eigenvalue weighted by Gasteiger charge is -2.23. The van der Waals surface area contributed by atoms with Crippen LogP contribution in [0.25, 0.3) is 0 Å². The Morgan fingerprint density at radius 3 is 2.89 bits per heavy atom. The van der Waals surface area contributed by atoms with Gasteiger partial charge in [-0.1, -0.05) is 6.92 Å². The van der Waals surface area contributed by atoms with Crippen LogP contribution in [0.1, 0.15) is 12.5 Å². The summed E-state index contributed by atoms with van der Waals surface area (Å²) in [6.07, 6.45) is 0.514. The molecule has 0 aromatic heterocycles. The first-order valence-electron chi connectivity index (χ1n) is 6.33. The average molecular weight is 247 g/mol. The summed E-state index contributed by atoms with van der Waals surface area (Å²) in [4.78, 5) is 15.6. The Balaban J connectivity index is 2.18. The van der Waals surface area contributed by atoms with Gasteiger partial charge in [0, 0.05) is 32.0 Å². The molecule has 1 unspecified atom stereocenters. The molecular formula is C14H21N3O. The summed E-state index contributed by atoms with van der Waals surface area (Å²) in [5, 5.41) is 0. The first-order chi connectivity index (χ1) is 8.52. The first kappa shape index (κ1) is 12.9. The van der Waals surface area contributed by atoms with Crippen molar-refractivity contribution in [1.82, 2.24) is 0 Å². The number of benzene rings is 1. The zero-order chi connectivity index (χ0) is 13.3. The van der Waals surface area contributed by atoms with E-state index >= 15 is 0 Å². The van der Waals surface area contributed by atoms with Gasteiger partial charge in [-0.05, 0) is 36.2 Å². The van der Waals surface area contributed by atoms with Gasteiger partial charge < -0.3 is 15.5 Å². The topological polar surface area (TPSA) is 49.6 Å². The molecule has 1 aliphatic rings. The smallest absolute Gasteiger partial charge is 0.231 e. The number of rotatable bonds is 4. The minimum absolute atomic E-state index is 0.167. The van der Waals surface area contributed by atoms with E-state index in [1.54, 1.807) is 4.90 Å². The van der Waals surface area contributed by atoms with Crippen LogP contribution < -0.4 is 15.5 Å². The summed E-state index contributed by atoms with van der Waals surface area (Å²) in [7, 11) is 3.89. The molecule has 0 bridgehead atoms. The number of carbonyl (C=O) groups excluding carboxylic acids is 1. The number of anilines is 2. The fraction of sp³-hybridized carbons (Fsp3) is 0.500. The van der Waals surface area contributed by atoms with E-state index in [4.69, 9.17) is 5.73 Å². The van der Waals surface area contributed by atoms with Crippen molar-refractivity contribution >= 4 is 17.3 Å². The summed E-state index contributed by atoms with van der Waals surface area (Å²) in [5.74, 6) is 0.632. The molecule has 4 heteroatoms. The van der Waals surface area contributed by atoms with Gasteiger partial charge in [0.05, 0.1) is 6.42 Å². The van der Waals surface area contributed by atoms with E-state index in [2.05, 4.69) is 31.0 Å². The Morgan fingerprint density at radius 2 is 2.22 bits per heavy atom. The third-order valence-corrected chi connectivity index (χ3v) is 3.57. The van der Waals surface area contributed by atoms with Crippen LogP contribution in [0.2, 0.25) is 0 Å². The molecule has 0 radical (unpaired) electrons. The largest absolute Gasteiger partial charge is 0.374 e. The Kier molecular flexibility index (Phi) is 3.57. The predicted octanol–water partition coefficient (Wildman–Crippen LogP) is 1.24. The molecule has 4 nitrogen and oxygen atoms in total. The molecule has 18 heavy (non-hydrogen) atoms. The van der Waals surface area contributed by atoms with Gasteiger partial charge in [0.25, 0.3) is 0 Å². The maximum Gasteiger partial charge on any atom is 0.231 e. The molecule has 1 aromatic carbocycles. The van der Waals surface area contributed by atoms with E-state index in [-0.39, 0.29) is 5.91 Å². The Bertz CT molecular complexity index is 458. The monoisotopic (exact) mass is 247 g/mol. The minimum atomic E-state index is 0.167. The summed E-state index contributed by atoms with van der Waals surface area (Å²) in [6.45, 7) is 3.76. The van der Waals surface area contributed by atoms with Gasteiger partial charge >= 0.3 is 0 Å². The summed E-state index contributed by atoms with van der Waals surface area (Å²) in [5.41, 5.74) is 8.95. The van der Waals surface area contributed by atoms with Gasteiger partial charge in [-0.3, -0.25) is 4.79 Å². The number of carbonyl (C=O) groups is 1. The molecule has 2 N–H and O–H groups in total. The van der Waals surface area contributed by atoms with E-state index in [0.29, 0.717) is 18.9 Å². The van der Waals surface area contributed by atoms with Crippen molar-refractivity contribution in [2.24, 2.45) is 11.7 Å². The Hall–Kier alpha value is -1.55. The maximum absolute atomic E-state index is 11.6. The number of likely N-dealkylation sites (N-methyl/N-ethyl adjacent to an activating group) is 1. The van der Waals surface area contributed by atoms with Crippen LogP contribution in [0.3, 0.4) is 0 Å². The lowest BCUT2D eigenvalue weighted by molar-refractivity contribution is -0.117. The van der Waals surface area contributed by atoms with Gasteiger partial charge in [0.2, 0.25) is 5.91 Å². The molecule has 0 fully saturated rings. The van der Waals surface area contributed by atoms with Crippen LogP contribution in [0, 0.1) is 5.92 Å². The van der Waals surface area contributed by atoms with Gasteiger partial charge in [-0.15, -0.1) is 0 Å². The van der Waals surface area contributed by atoms with E-state index in [9.17, 15) is 4.79 Å². The van der Waals surface area contributed by atoms with Crippen molar-refractivity contribution in [3.8, 4) is 0 Å². The SMILES string of the molecule is CC(CN)CN(C)c1ccc2c(c1)CC(=O)N2C. The highest BCUT2D eigenvalue weighted by Crippen LogP contribution is 2.31. The number of fused-ring (bicyclic) bond motifs is 1. The predicted molar refractivity (Wildman–Crippen MR) is 75.0 cm³/mol. The quantitative estimate of drug-likeness (QED) is 0.871. The maximum atomic E-state index is 11.6. The van der Waals surface area contributed by atoms with Crippen LogP contribution >= 0.6 is 0 Å². The van der Waals surface area contributed by atoms with E-state index in [1.165, 1.54) is 0 Å². The van der Waals surface area contributed by atoms with E-state index in [0.717, 1.165) is 23.5 Å². The molecule has 1 aromatic rings. The molecule has 1 aliphatic heterocycles. The third kappa shape index (κ3) is 2.34. The second-order valence-electron chi connectivity index (χ2n) is 5.16. The van der Waals surface area contributed by atoms with Crippen molar-refractivity contribution in [1.29, 1.82) is 0 Å². The highest BCUT2D eigenvalue weighted by Gasteiger charge is 2.24. The summed E-state index contributed by atoms with van der Waals surface area (Å²) >= 11 is 0. The van der Waals surface area contributed by atoms with Crippen molar-refractivity contribution in [3.05, 3.63) is 23.8 Å². The van der Waals surface area contributed by atoms with Crippen molar-refractivity contribution in [3.63, 3.8) is 0 Å². The van der Waals surface area contributed by atoms with Crippen LogP contribution in [0.5, 0.6) is 0 Å². The summed E-state index contributed by atoms with van der Waals surface area (Å²) < 4.78 is 0. The van der Waals surface area contributed by atoms with Crippen molar-refractivity contribution in [2.75, 3.05) is 37.0 Å². The zero-order valence-corrected chi connectivity index (χ0v) is 11.3. The lowest BCUT2D eigenvalue weighted by atomic mass is 10.1. The van der Waals surface area contributed by atoms with Gasteiger partial charge in [-0.25, -0.2) is 0 Å². The molecule has 0 saturated carbocycles. The van der Waals surface area contributed by atoms with Crippen LogP contribution in [0.15, 0.2) is 18.2 Å². The minimum Gasteiger partial charge on any atom is -0.374 e. The lowest BCUT2D eigenvalue weighted by Crippen LogP contribution is -2.28. The molecule has 2 rings (SSSR count). The second-order valence-corrected chi connectivity index (χ2v) is 5.16. The Morgan fingerprint density at radius 1 is 1.50 bits per heavy atom. The third-order valence-electron chi connectivity index (χ3n) is 3.57. The van der Waals surface area contributed by atoms with E-state index < -0.39 is 0 Å². The van der Waals surface area contributed by atoms with Crippen molar-refractivity contribution in [2.45, 2.75) is 13.3 Å². The van der Waals surface area contributed by atoms with Crippen LogP contribution in [-0.2, 0) is 11.2 Å².